The second kappa shape index (κ2) is 3.60. The molecule has 3 nitrogen and oxygen atoms in total. The molecule has 1 heterocycles. The maximum atomic E-state index is 10.7. The van der Waals surface area contributed by atoms with Gasteiger partial charge in [0.05, 0.1) is 15.1 Å². The molecule has 0 aliphatic rings. The van der Waals surface area contributed by atoms with Crippen molar-refractivity contribution in [1.29, 1.82) is 0 Å². The predicted octanol–water partition coefficient (Wildman–Crippen LogP) is 2.25. The number of primary amides is 1. The quantitative estimate of drug-likeness (QED) is 0.795. The molecule has 6 heteroatoms. The zero-order valence-corrected chi connectivity index (χ0v) is 8.74. The van der Waals surface area contributed by atoms with E-state index in [1.807, 2.05) is 0 Å². The third-order valence-electron chi connectivity index (χ3n) is 1.18. The van der Waals surface area contributed by atoms with E-state index in [0.717, 1.165) is 0 Å². The second-order valence-electron chi connectivity index (χ2n) is 1.95. The number of hydrogen-bond acceptors (Lipinski definition) is 2. The molecule has 0 aromatic carbocycles. The Morgan fingerprint density at radius 1 is 1.58 bits per heavy atom. The third kappa shape index (κ3) is 1.71. The molecular weight excluding hydrogens is 267 g/mol. The molecule has 0 bridgehead atoms. The van der Waals surface area contributed by atoms with E-state index in [0.29, 0.717) is 4.47 Å². The SMILES string of the molecule is NC(=O)c1cnc(Cl)c(Br)c1Cl. The lowest BCUT2D eigenvalue weighted by molar-refractivity contribution is 0.1000. The number of aromatic nitrogens is 1. The Morgan fingerprint density at radius 3 is 2.67 bits per heavy atom. The summed E-state index contributed by atoms with van der Waals surface area (Å²) >= 11 is 14.4. The van der Waals surface area contributed by atoms with Crippen molar-refractivity contribution < 1.29 is 4.79 Å². The first-order valence-electron chi connectivity index (χ1n) is 2.83. The van der Waals surface area contributed by atoms with E-state index in [2.05, 4.69) is 20.9 Å². The van der Waals surface area contributed by atoms with Crippen LogP contribution in [0.3, 0.4) is 0 Å². The average molecular weight is 270 g/mol. The molecule has 2 N–H and O–H groups in total. The van der Waals surface area contributed by atoms with Crippen LogP contribution < -0.4 is 5.73 Å². The van der Waals surface area contributed by atoms with Gasteiger partial charge in [0.1, 0.15) is 5.15 Å². The summed E-state index contributed by atoms with van der Waals surface area (Å²) in [7, 11) is 0. The van der Waals surface area contributed by atoms with Gasteiger partial charge in [-0.2, -0.15) is 0 Å². The van der Waals surface area contributed by atoms with Crippen molar-refractivity contribution in [3.8, 4) is 0 Å². The van der Waals surface area contributed by atoms with Crippen molar-refractivity contribution >= 4 is 45.0 Å². The number of nitrogens with zero attached hydrogens (tertiary/aromatic N) is 1. The Kier molecular flexibility index (Phi) is 2.93. The highest BCUT2D eigenvalue weighted by Gasteiger charge is 2.12. The lowest BCUT2D eigenvalue weighted by atomic mass is 10.3. The number of halogens is 3. The summed E-state index contributed by atoms with van der Waals surface area (Å²) in [6.07, 6.45) is 1.23. The monoisotopic (exact) mass is 268 g/mol. The largest absolute Gasteiger partial charge is 0.366 e. The first kappa shape index (κ1) is 9.77. The van der Waals surface area contributed by atoms with Crippen LogP contribution in [0.25, 0.3) is 0 Å². The van der Waals surface area contributed by atoms with Gasteiger partial charge in [-0.05, 0) is 15.9 Å². The standard InChI is InChI=1S/C6H3BrCl2N2O/c7-3-4(8)2(6(10)12)1-11-5(3)9/h1H,(H2,10,12). The average Bonchev–Trinajstić information content (AvgIpc) is 2.00. The summed E-state index contributed by atoms with van der Waals surface area (Å²) in [5.41, 5.74) is 5.15. The van der Waals surface area contributed by atoms with Gasteiger partial charge in [0, 0.05) is 6.20 Å². The molecule has 1 aromatic heterocycles. The zero-order valence-electron chi connectivity index (χ0n) is 5.64. The van der Waals surface area contributed by atoms with Gasteiger partial charge in [0.15, 0.2) is 0 Å². The molecule has 0 unspecified atom stereocenters. The van der Waals surface area contributed by atoms with E-state index in [1.165, 1.54) is 6.20 Å². The fraction of sp³-hybridized carbons (Fsp3) is 0. The minimum absolute atomic E-state index is 0.146. The Morgan fingerprint density at radius 2 is 2.17 bits per heavy atom. The molecule has 0 aliphatic carbocycles. The van der Waals surface area contributed by atoms with Crippen molar-refractivity contribution in [2.75, 3.05) is 0 Å². The minimum atomic E-state index is -0.634. The Balaban J connectivity index is 3.36. The Labute approximate surface area is 87.0 Å². The number of hydrogen-bond donors (Lipinski definition) is 1. The van der Waals surface area contributed by atoms with Crippen molar-refractivity contribution in [1.82, 2.24) is 4.98 Å². The van der Waals surface area contributed by atoms with Crippen LogP contribution in [0.4, 0.5) is 0 Å². The molecule has 0 radical (unpaired) electrons. The van der Waals surface area contributed by atoms with Gasteiger partial charge in [-0.25, -0.2) is 4.98 Å². The number of nitrogens with two attached hydrogens (primary N) is 1. The molecule has 1 amide bonds. The molecule has 0 saturated heterocycles. The van der Waals surface area contributed by atoms with Gasteiger partial charge in [-0.3, -0.25) is 4.79 Å². The topological polar surface area (TPSA) is 56.0 Å². The maximum Gasteiger partial charge on any atom is 0.251 e. The number of carbonyl (C=O) groups is 1. The van der Waals surface area contributed by atoms with Crippen LogP contribution in [0.15, 0.2) is 10.7 Å². The summed E-state index contributed by atoms with van der Waals surface area (Å²) in [6, 6.07) is 0. The normalized spacial score (nSPS) is 9.92. The molecule has 0 saturated carbocycles. The van der Waals surface area contributed by atoms with Crippen LogP contribution >= 0.6 is 39.1 Å². The number of rotatable bonds is 1. The van der Waals surface area contributed by atoms with Gasteiger partial charge in [0.25, 0.3) is 5.91 Å². The molecule has 12 heavy (non-hydrogen) atoms. The smallest absolute Gasteiger partial charge is 0.251 e. The van der Waals surface area contributed by atoms with E-state index in [-0.39, 0.29) is 15.7 Å². The second-order valence-corrected chi connectivity index (χ2v) is 3.48. The summed E-state index contributed by atoms with van der Waals surface area (Å²) in [5, 5.41) is 0.382. The fourth-order valence-electron chi connectivity index (χ4n) is 0.615. The van der Waals surface area contributed by atoms with Crippen LogP contribution in [0.1, 0.15) is 10.4 Å². The van der Waals surface area contributed by atoms with Gasteiger partial charge < -0.3 is 5.73 Å². The highest BCUT2D eigenvalue weighted by atomic mass is 79.9. The van der Waals surface area contributed by atoms with Crippen LogP contribution in [-0.2, 0) is 0 Å². The zero-order chi connectivity index (χ0) is 9.30. The molecular formula is C6H3BrCl2N2O. The van der Waals surface area contributed by atoms with Gasteiger partial charge in [-0.15, -0.1) is 0 Å². The number of carbonyl (C=O) groups excluding carboxylic acids is 1. The molecule has 0 spiro atoms. The van der Waals surface area contributed by atoms with Crippen molar-refractivity contribution in [3.05, 3.63) is 26.4 Å². The Bertz CT molecular complexity index is 343. The van der Waals surface area contributed by atoms with E-state index < -0.39 is 5.91 Å². The van der Waals surface area contributed by atoms with Crippen LogP contribution in [-0.4, -0.2) is 10.9 Å². The first-order chi connectivity index (χ1) is 5.54. The van der Waals surface area contributed by atoms with Crippen molar-refractivity contribution in [2.45, 2.75) is 0 Å². The molecule has 0 atom stereocenters. The minimum Gasteiger partial charge on any atom is -0.366 e. The predicted molar refractivity (Wildman–Crippen MR) is 50.5 cm³/mol. The van der Waals surface area contributed by atoms with E-state index in [1.54, 1.807) is 0 Å². The summed E-state index contributed by atoms with van der Waals surface area (Å²) in [4.78, 5) is 14.4. The van der Waals surface area contributed by atoms with Crippen molar-refractivity contribution in [3.63, 3.8) is 0 Å². The van der Waals surface area contributed by atoms with E-state index in [9.17, 15) is 4.79 Å². The summed E-state index contributed by atoms with van der Waals surface area (Å²) < 4.78 is 0.377. The van der Waals surface area contributed by atoms with E-state index in [4.69, 9.17) is 28.9 Å². The van der Waals surface area contributed by atoms with Crippen molar-refractivity contribution in [2.24, 2.45) is 5.73 Å². The summed E-state index contributed by atoms with van der Waals surface area (Å²) in [5.74, 6) is -0.634. The van der Waals surface area contributed by atoms with Gasteiger partial charge >= 0.3 is 0 Å². The highest BCUT2D eigenvalue weighted by molar-refractivity contribution is 9.10. The summed E-state index contributed by atoms with van der Waals surface area (Å²) in [6.45, 7) is 0. The lowest BCUT2D eigenvalue weighted by Gasteiger charge is -2.01. The van der Waals surface area contributed by atoms with Gasteiger partial charge in [0.2, 0.25) is 0 Å². The van der Waals surface area contributed by atoms with Gasteiger partial charge in [-0.1, -0.05) is 23.2 Å². The molecule has 0 aliphatic heterocycles. The van der Waals surface area contributed by atoms with E-state index >= 15 is 0 Å². The highest BCUT2D eigenvalue weighted by Crippen LogP contribution is 2.30. The van der Waals surface area contributed by atoms with Crippen LogP contribution in [0.2, 0.25) is 10.2 Å². The molecule has 64 valence electrons. The number of pyridine rings is 1. The molecule has 0 fully saturated rings. The molecule has 1 rings (SSSR count). The number of amides is 1. The maximum absolute atomic E-state index is 10.7. The Hall–Kier alpha value is -0.320. The first-order valence-corrected chi connectivity index (χ1v) is 4.38. The fourth-order valence-corrected chi connectivity index (χ4v) is 1.35. The van der Waals surface area contributed by atoms with Crippen LogP contribution in [0, 0.1) is 0 Å². The molecule has 1 aromatic rings. The third-order valence-corrected chi connectivity index (χ3v) is 3.09. The lowest BCUT2D eigenvalue weighted by Crippen LogP contribution is -2.12. The van der Waals surface area contributed by atoms with Crippen LogP contribution in [0.5, 0.6) is 0 Å².